The van der Waals surface area contributed by atoms with Crippen LogP contribution in [0, 0.1) is 0 Å². The van der Waals surface area contributed by atoms with Crippen molar-refractivity contribution < 1.29 is 9.59 Å². The van der Waals surface area contributed by atoms with Gasteiger partial charge in [-0.3, -0.25) is 14.6 Å². The Balaban J connectivity index is 1.69. The van der Waals surface area contributed by atoms with E-state index in [1.807, 2.05) is 41.3 Å². The first-order chi connectivity index (χ1) is 11.6. The molecule has 5 nitrogen and oxygen atoms in total. The van der Waals surface area contributed by atoms with Crippen molar-refractivity contribution in [2.45, 2.75) is 18.7 Å². The van der Waals surface area contributed by atoms with Gasteiger partial charge >= 0.3 is 0 Å². The number of carbonyl (C=O) groups excluding carboxylic acids is 2. The molecule has 0 aliphatic carbocycles. The molecule has 1 N–H and O–H groups in total. The van der Waals surface area contributed by atoms with Crippen LogP contribution in [0.5, 0.6) is 0 Å². The molecule has 2 heterocycles. The second-order valence-electron chi connectivity index (χ2n) is 5.66. The Hall–Kier alpha value is -2.34. The number of nitrogens with one attached hydrogen (secondary N) is 1. The number of rotatable bonds is 5. The van der Waals surface area contributed by atoms with E-state index in [2.05, 4.69) is 10.3 Å². The Labute approximate surface area is 145 Å². The SMILES string of the molecule is CC(=O)Nc1ccc(C2SCC(=O)N2CCc2ccncc2)cc1. The van der Waals surface area contributed by atoms with Crippen LogP contribution in [0.2, 0.25) is 0 Å². The second kappa shape index (κ2) is 7.49. The molecule has 0 radical (unpaired) electrons. The van der Waals surface area contributed by atoms with Crippen LogP contribution in [0.4, 0.5) is 5.69 Å². The lowest BCUT2D eigenvalue weighted by atomic mass is 10.1. The quantitative estimate of drug-likeness (QED) is 0.908. The number of thioether (sulfide) groups is 1. The van der Waals surface area contributed by atoms with Crippen molar-refractivity contribution in [2.24, 2.45) is 0 Å². The molecule has 3 rings (SSSR count). The first-order valence-electron chi connectivity index (χ1n) is 7.81. The first kappa shape index (κ1) is 16.5. The van der Waals surface area contributed by atoms with Gasteiger partial charge in [-0.25, -0.2) is 0 Å². The smallest absolute Gasteiger partial charge is 0.233 e. The fourth-order valence-corrected chi connectivity index (χ4v) is 3.92. The summed E-state index contributed by atoms with van der Waals surface area (Å²) in [5, 5.41) is 2.79. The fraction of sp³-hybridized carbons (Fsp3) is 0.278. The summed E-state index contributed by atoms with van der Waals surface area (Å²) in [7, 11) is 0. The van der Waals surface area contributed by atoms with Crippen LogP contribution in [-0.4, -0.2) is 34.0 Å². The minimum Gasteiger partial charge on any atom is -0.326 e. The lowest BCUT2D eigenvalue weighted by Crippen LogP contribution is -2.30. The van der Waals surface area contributed by atoms with Gasteiger partial charge in [0.2, 0.25) is 11.8 Å². The molecule has 1 fully saturated rings. The van der Waals surface area contributed by atoms with E-state index >= 15 is 0 Å². The van der Waals surface area contributed by atoms with Crippen molar-refractivity contribution >= 4 is 29.3 Å². The van der Waals surface area contributed by atoms with Gasteiger partial charge in [0.15, 0.2) is 0 Å². The normalized spacial score (nSPS) is 17.1. The third kappa shape index (κ3) is 3.94. The summed E-state index contributed by atoms with van der Waals surface area (Å²) in [6.45, 7) is 2.17. The van der Waals surface area contributed by atoms with Gasteiger partial charge in [-0.1, -0.05) is 12.1 Å². The largest absolute Gasteiger partial charge is 0.326 e. The highest BCUT2D eigenvalue weighted by Gasteiger charge is 2.32. The maximum atomic E-state index is 12.2. The maximum absolute atomic E-state index is 12.2. The molecule has 6 heteroatoms. The lowest BCUT2D eigenvalue weighted by molar-refractivity contribution is -0.128. The van der Waals surface area contributed by atoms with Crippen LogP contribution in [0.15, 0.2) is 48.8 Å². The molecule has 124 valence electrons. The van der Waals surface area contributed by atoms with E-state index in [1.54, 1.807) is 24.2 Å². The van der Waals surface area contributed by atoms with E-state index in [0.717, 1.165) is 17.7 Å². The Bertz CT molecular complexity index is 719. The number of hydrogen-bond donors (Lipinski definition) is 1. The first-order valence-corrected chi connectivity index (χ1v) is 8.86. The van der Waals surface area contributed by atoms with E-state index in [1.165, 1.54) is 12.5 Å². The average molecular weight is 341 g/mol. The number of carbonyl (C=O) groups is 2. The highest BCUT2D eigenvalue weighted by molar-refractivity contribution is 8.00. The van der Waals surface area contributed by atoms with Crippen molar-refractivity contribution in [3.05, 3.63) is 59.9 Å². The molecule has 1 aliphatic rings. The fourth-order valence-electron chi connectivity index (χ4n) is 2.71. The van der Waals surface area contributed by atoms with Crippen molar-refractivity contribution in [1.82, 2.24) is 9.88 Å². The monoisotopic (exact) mass is 341 g/mol. The molecule has 1 unspecified atom stereocenters. The molecular formula is C18H19N3O2S. The van der Waals surface area contributed by atoms with E-state index in [-0.39, 0.29) is 17.2 Å². The molecule has 1 atom stereocenters. The Morgan fingerprint density at radius 2 is 1.96 bits per heavy atom. The van der Waals surface area contributed by atoms with Gasteiger partial charge in [-0.2, -0.15) is 0 Å². The molecule has 1 aromatic carbocycles. The Morgan fingerprint density at radius 3 is 2.62 bits per heavy atom. The maximum Gasteiger partial charge on any atom is 0.233 e. The third-order valence-corrected chi connectivity index (χ3v) is 5.13. The van der Waals surface area contributed by atoms with Crippen LogP contribution in [0.25, 0.3) is 0 Å². The van der Waals surface area contributed by atoms with Crippen molar-refractivity contribution in [3.8, 4) is 0 Å². The molecule has 1 aromatic heterocycles. The minimum absolute atomic E-state index is 0.0331. The highest BCUT2D eigenvalue weighted by atomic mass is 32.2. The molecule has 0 saturated carbocycles. The van der Waals surface area contributed by atoms with Gasteiger partial charge in [-0.05, 0) is 41.8 Å². The minimum atomic E-state index is -0.0906. The van der Waals surface area contributed by atoms with Crippen LogP contribution in [-0.2, 0) is 16.0 Å². The Morgan fingerprint density at radius 1 is 1.25 bits per heavy atom. The van der Waals surface area contributed by atoms with Gasteiger partial charge in [0.25, 0.3) is 0 Å². The summed E-state index contributed by atoms with van der Waals surface area (Å²) < 4.78 is 0. The second-order valence-corrected chi connectivity index (χ2v) is 6.73. The average Bonchev–Trinajstić information content (AvgIpc) is 2.95. The van der Waals surface area contributed by atoms with Gasteiger partial charge in [0.05, 0.1) is 5.75 Å². The number of benzene rings is 1. The highest BCUT2D eigenvalue weighted by Crippen LogP contribution is 2.38. The number of anilines is 1. The van der Waals surface area contributed by atoms with Crippen molar-refractivity contribution in [2.75, 3.05) is 17.6 Å². The summed E-state index contributed by atoms with van der Waals surface area (Å²) in [5.41, 5.74) is 3.02. The van der Waals surface area contributed by atoms with Crippen LogP contribution >= 0.6 is 11.8 Å². The van der Waals surface area contributed by atoms with Crippen LogP contribution in [0.1, 0.15) is 23.4 Å². The Kier molecular flexibility index (Phi) is 5.15. The predicted octanol–water partition coefficient (Wildman–Crippen LogP) is 2.86. The summed E-state index contributed by atoms with van der Waals surface area (Å²) in [5.74, 6) is 0.589. The standard InChI is InChI=1S/C18H19N3O2S/c1-13(22)20-16-4-2-15(3-5-16)18-21(17(23)12-24-18)11-8-14-6-9-19-10-7-14/h2-7,9-10,18H,8,11-12H2,1H3,(H,20,22). The number of amides is 2. The molecule has 0 bridgehead atoms. The van der Waals surface area contributed by atoms with E-state index < -0.39 is 0 Å². The van der Waals surface area contributed by atoms with Gasteiger partial charge in [0.1, 0.15) is 5.37 Å². The topological polar surface area (TPSA) is 62.3 Å². The summed E-state index contributed by atoms with van der Waals surface area (Å²) in [6.07, 6.45) is 4.36. The predicted molar refractivity (Wildman–Crippen MR) is 95.6 cm³/mol. The van der Waals surface area contributed by atoms with Gasteiger partial charge in [-0.15, -0.1) is 11.8 Å². The van der Waals surface area contributed by atoms with Crippen molar-refractivity contribution in [1.29, 1.82) is 0 Å². The molecule has 24 heavy (non-hydrogen) atoms. The molecular weight excluding hydrogens is 322 g/mol. The number of pyridine rings is 1. The zero-order chi connectivity index (χ0) is 16.9. The van der Waals surface area contributed by atoms with Crippen molar-refractivity contribution in [3.63, 3.8) is 0 Å². The van der Waals surface area contributed by atoms with E-state index in [4.69, 9.17) is 0 Å². The van der Waals surface area contributed by atoms with Crippen LogP contribution in [0.3, 0.4) is 0 Å². The van der Waals surface area contributed by atoms with E-state index in [0.29, 0.717) is 12.3 Å². The van der Waals surface area contributed by atoms with Crippen LogP contribution < -0.4 is 5.32 Å². The summed E-state index contributed by atoms with van der Waals surface area (Å²) >= 11 is 1.64. The lowest BCUT2D eigenvalue weighted by Gasteiger charge is -2.24. The molecule has 1 aliphatic heterocycles. The molecule has 0 spiro atoms. The molecule has 2 amide bonds. The number of nitrogens with zero attached hydrogens (tertiary/aromatic N) is 2. The third-order valence-electron chi connectivity index (χ3n) is 3.88. The van der Waals surface area contributed by atoms with Gasteiger partial charge in [0, 0.05) is 31.5 Å². The van der Waals surface area contributed by atoms with Gasteiger partial charge < -0.3 is 10.2 Å². The summed E-state index contributed by atoms with van der Waals surface area (Å²) in [6, 6.07) is 11.7. The van der Waals surface area contributed by atoms with E-state index in [9.17, 15) is 9.59 Å². The molecule has 2 aromatic rings. The number of aromatic nitrogens is 1. The number of hydrogen-bond acceptors (Lipinski definition) is 4. The molecule has 1 saturated heterocycles. The zero-order valence-electron chi connectivity index (χ0n) is 13.4. The zero-order valence-corrected chi connectivity index (χ0v) is 14.3. The summed E-state index contributed by atoms with van der Waals surface area (Å²) in [4.78, 5) is 29.3.